The first-order chi connectivity index (χ1) is 10.7. The average Bonchev–Trinajstić information content (AvgIpc) is 2.43. The third kappa shape index (κ3) is 10.4. The summed E-state index contributed by atoms with van der Waals surface area (Å²) in [5.41, 5.74) is -0.328. The molecular formula is C19H36O4. The van der Waals surface area contributed by atoms with Crippen LogP contribution in [0.3, 0.4) is 0 Å². The molecule has 0 spiro atoms. The van der Waals surface area contributed by atoms with E-state index in [2.05, 4.69) is 13.8 Å². The van der Waals surface area contributed by atoms with Gasteiger partial charge in [0.25, 0.3) is 0 Å². The Kier molecular flexibility index (Phi) is 10.9. The summed E-state index contributed by atoms with van der Waals surface area (Å²) < 4.78 is 10.7. The smallest absolute Gasteiger partial charge is 0.306 e. The van der Waals surface area contributed by atoms with Crippen LogP contribution in [0.1, 0.15) is 80.1 Å². The monoisotopic (exact) mass is 328 g/mol. The van der Waals surface area contributed by atoms with Crippen molar-refractivity contribution in [3.8, 4) is 0 Å². The minimum Gasteiger partial charge on any atom is -0.465 e. The van der Waals surface area contributed by atoms with E-state index < -0.39 is 0 Å². The van der Waals surface area contributed by atoms with Gasteiger partial charge in [-0.1, -0.05) is 54.4 Å². The topological polar surface area (TPSA) is 52.6 Å². The van der Waals surface area contributed by atoms with E-state index in [1.54, 1.807) is 0 Å². The highest BCUT2D eigenvalue weighted by molar-refractivity contribution is 5.74. The first-order valence-electron chi connectivity index (χ1n) is 9.06. The summed E-state index contributed by atoms with van der Waals surface area (Å²) in [4.78, 5) is 24.4. The van der Waals surface area contributed by atoms with Crippen molar-refractivity contribution in [3.05, 3.63) is 0 Å². The fourth-order valence-corrected chi connectivity index (χ4v) is 2.84. The molecule has 0 fully saturated rings. The Morgan fingerprint density at radius 3 is 1.39 bits per heavy atom. The number of carbonyl (C=O) groups excluding carboxylic acids is 2. The Bertz CT molecular complexity index is 313. The van der Waals surface area contributed by atoms with E-state index in [4.69, 9.17) is 9.47 Å². The molecule has 0 heterocycles. The summed E-state index contributed by atoms with van der Waals surface area (Å²) in [6.45, 7) is 13.1. The van der Waals surface area contributed by atoms with Crippen LogP contribution in [-0.2, 0) is 19.1 Å². The van der Waals surface area contributed by atoms with E-state index in [1.165, 1.54) is 0 Å². The maximum atomic E-state index is 12.2. The van der Waals surface area contributed by atoms with Gasteiger partial charge in [0.15, 0.2) is 0 Å². The zero-order valence-corrected chi connectivity index (χ0v) is 15.9. The Balaban J connectivity index is 4.85. The summed E-state index contributed by atoms with van der Waals surface area (Å²) in [6, 6.07) is 0. The van der Waals surface area contributed by atoms with E-state index >= 15 is 0 Å². The first-order valence-corrected chi connectivity index (χ1v) is 9.06. The van der Waals surface area contributed by atoms with Gasteiger partial charge in [-0.3, -0.25) is 9.59 Å². The average molecular weight is 328 g/mol. The van der Waals surface area contributed by atoms with Gasteiger partial charge in [-0.15, -0.1) is 0 Å². The van der Waals surface area contributed by atoms with Crippen molar-refractivity contribution in [2.24, 2.45) is 17.3 Å². The summed E-state index contributed by atoms with van der Waals surface area (Å²) in [5, 5.41) is 0. The third-order valence-corrected chi connectivity index (χ3v) is 3.75. The molecule has 23 heavy (non-hydrogen) atoms. The van der Waals surface area contributed by atoms with Crippen molar-refractivity contribution in [3.63, 3.8) is 0 Å². The van der Waals surface area contributed by atoms with Crippen LogP contribution in [0.15, 0.2) is 0 Å². The van der Waals surface area contributed by atoms with Crippen molar-refractivity contribution in [1.82, 2.24) is 0 Å². The maximum absolute atomic E-state index is 12.2. The molecule has 0 N–H and O–H groups in total. The van der Waals surface area contributed by atoms with E-state index in [9.17, 15) is 9.59 Å². The molecule has 4 heteroatoms. The molecule has 0 aromatic rings. The largest absolute Gasteiger partial charge is 0.465 e. The minimum absolute atomic E-state index is 0.197. The lowest BCUT2D eigenvalue weighted by Crippen LogP contribution is -2.30. The normalized spacial score (nSPS) is 11.8. The highest BCUT2D eigenvalue weighted by Gasteiger charge is 2.35. The van der Waals surface area contributed by atoms with Crippen LogP contribution in [0.5, 0.6) is 0 Å². The van der Waals surface area contributed by atoms with Gasteiger partial charge in [-0.05, 0) is 30.1 Å². The van der Waals surface area contributed by atoms with Crippen molar-refractivity contribution in [2.75, 3.05) is 13.2 Å². The molecule has 0 saturated heterocycles. The number of hydrogen-bond donors (Lipinski definition) is 0. The van der Waals surface area contributed by atoms with Crippen molar-refractivity contribution in [1.29, 1.82) is 0 Å². The van der Waals surface area contributed by atoms with Gasteiger partial charge >= 0.3 is 11.9 Å². The standard InChI is InChI=1S/C19H36O4/c1-7-9-19(10-8-2,11-17(20)22-13-15(3)4)12-18(21)23-14-16(5)6/h15-16H,7-14H2,1-6H3. The number of esters is 2. The maximum Gasteiger partial charge on any atom is 0.306 e. The lowest BCUT2D eigenvalue weighted by atomic mass is 9.74. The van der Waals surface area contributed by atoms with E-state index in [1.807, 2.05) is 27.7 Å². The molecule has 0 aliphatic heterocycles. The summed E-state index contributed by atoms with van der Waals surface area (Å²) in [5.74, 6) is 0.248. The summed E-state index contributed by atoms with van der Waals surface area (Å²) in [7, 11) is 0. The number of hydrogen-bond acceptors (Lipinski definition) is 4. The van der Waals surface area contributed by atoms with Gasteiger partial charge in [0.1, 0.15) is 0 Å². The van der Waals surface area contributed by atoms with Gasteiger partial charge in [-0.2, -0.15) is 0 Å². The second kappa shape index (κ2) is 11.5. The quantitative estimate of drug-likeness (QED) is 0.485. The highest BCUT2D eigenvalue weighted by Crippen LogP contribution is 2.38. The second-order valence-corrected chi connectivity index (χ2v) is 7.51. The van der Waals surface area contributed by atoms with Gasteiger partial charge in [0.05, 0.1) is 26.1 Å². The molecule has 0 aromatic heterocycles. The summed E-state index contributed by atoms with van der Waals surface area (Å²) >= 11 is 0. The van der Waals surface area contributed by atoms with Gasteiger partial charge in [0, 0.05) is 0 Å². The Morgan fingerprint density at radius 2 is 1.13 bits per heavy atom. The molecule has 0 radical (unpaired) electrons. The van der Waals surface area contributed by atoms with Crippen molar-refractivity contribution < 1.29 is 19.1 Å². The Morgan fingerprint density at radius 1 is 0.783 bits per heavy atom. The zero-order valence-electron chi connectivity index (χ0n) is 15.9. The summed E-state index contributed by atoms with van der Waals surface area (Å²) in [6.07, 6.45) is 4.17. The molecule has 0 aliphatic rings. The van der Waals surface area contributed by atoms with Crippen LogP contribution in [-0.4, -0.2) is 25.2 Å². The molecule has 0 unspecified atom stereocenters. The van der Waals surface area contributed by atoms with Crippen LogP contribution in [0.4, 0.5) is 0 Å². The SMILES string of the molecule is CCCC(CCC)(CC(=O)OCC(C)C)CC(=O)OCC(C)C. The fourth-order valence-electron chi connectivity index (χ4n) is 2.84. The molecule has 0 saturated carbocycles. The third-order valence-electron chi connectivity index (χ3n) is 3.75. The van der Waals surface area contributed by atoms with Gasteiger partial charge in [-0.25, -0.2) is 0 Å². The Labute approximate surface area is 142 Å². The van der Waals surface area contributed by atoms with Crippen LogP contribution >= 0.6 is 0 Å². The molecule has 0 amide bonds. The van der Waals surface area contributed by atoms with E-state index in [0.717, 1.165) is 25.7 Å². The fraction of sp³-hybridized carbons (Fsp3) is 0.895. The molecular weight excluding hydrogens is 292 g/mol. The molecule has 0 aromatic carbocycles. The Hall–Kier alpha value is -1.06. The van der Waals surface area contributed by atoms with Crippen LogP contribution in [0.25, 0.3) is 0 Å². The van der Waals surface area contributed by atoms with E-state index in [-0.39, 0.29) is 17.4 Å². The van der Waals surface area contributed by atoms with Gasteiger partial charge < -0.3 is 9.47 Å². The van der Waals surface area contributed by atoms with Crippen molar-refractivity contribution in [2.45, 2.75) is 80.1 Å². The van der Waals surface area contributed by atoms with Gasteiger partial charge in [0.2, 0.25) is 0 Å². The van der Waals surface area contributed by atoms with Crippen LogP contribution in [0, 0.1) is 17.3 Å². The molecule has 4 nitrogen and oxygen atoms in total. The predicted octanol–water partition coefficient (Wildman–Crippen LogP) is 4.75. The molecule has 136 valence electrons. The lowest BCUT2D eigenvalue weighted by Gasteiger charge is -2.32. The highest BCUT2D eigenvalue weighted by atomic mass is 16.5. The van der Waals surface area contributed by atoms with Crippen LogP contribution in [0.2, 0.25) is 0 Å². The number of rotatable bonds is 12. The number of ether oxygens (including phenoxy) is 2. The molecule has 0 rings (SSSR count). The molecule has 0 atom stereocenters. The molecule has 0 aliphatic carbocycles. The zero-order chi connectivity index (χ0) is 17.9. The van der Waals surface area contributed by atoms with Crippen LogP contribution < -0.4 is 0 Å². The predicted molar refractivity (Wildman–Crippen MR) is 93.1 cm³/mol. The second-order valence-electron chi connectivity index (χ2n) is 7.51. The van der Waals surface area contributed by atoms with E-state index in [0.29, 0.717) is 37.9 Å². The lowest BCUT2D eigenvalue weighted by molar-refractivity contribution is -0.152. The molecule has 0 bridgehead atoms. The first kappa shape index (κ1) is 21.9. The minimum atomic E-state index is -0.328. The number of carbonyl (C=O) groups is 2. The van der Waals surface area contributed by atoms with Crippen molar-refractivity contribution >= 4 is 11.9 Å².